The largest absolute Gasteiger partial charge is 0.497 e. The summed E-state index contributed by atoms with van der Waals surface area (Å²) in [6.45, 7) is 1.97. The summed E-state index contributed by atoms with van der Waals surface area (Å²) in [4.78, 5) is 5.58. The van der Waals surface area contributed by atoms with Crippen LogP contribution in [-0.4, -0.2) is 30.1 Å². The van der Waals surface area contributed by atoms with E-state index in [-0.39, 0.29) is 0 Å². The number of hydrogen-bond donors (Lipinski definition) is 1. The highest BCUT2D eigenvalue weighted by molar-refractivity contribution is 5.35. The summed E-state index contributed by atoms with van der Waals surface area (Å²) in [7, 11) is 1.59. The minimum Gasteiger partial charge on any atom is -0.497 e. The first-order valence-corrected chi connectivity index (χ1v) is 5.16. The highest BCUT2D eigenvalue weighted by Gasteiger charge is 2.06. The first kappa shape index (κ1) is 12.1. The molecular formula is C11H16N4O. The number of hydrogen-bond acceptors (Lipinski definition) is 5. The number of likely N-dealkylation sites (tertiary alicyclic amines) is 1. The van der Waals surface area contributed by atoms with Crippen LogP contribution in [0.2, 0.25) is 0 Å². The van der Waals surface area contributed by atoms with Gasteiger partial charge in [0.1, 0.15) is 11.6 Å². The van der Waals surface area contributed by atoms with Gasteiger partial charge in [0, 0.05) is 25.4 Å². The van der Waals surface area contributed by atoms with Crippen molar-refractivity contribution in [3.63, 3.8) is 0 Å². The smallest absolute Gasteiger partial charge is 0.179 e. The molecule has 0 unspecified atom stereocenters. The van der Waals surface area contributed by atoms with Crippen LogP contribution in [0.25, 0.3) is 0 Å². The summed E-state index contributed by atoms with van der Waals surface area (Å²) >= 11 is 0. The van der Waals surface area contributed by atoms with Crippen molar-refractivity contribution < 1.29 is 4.74 Å². The number of rotatable bonds is 1. The molecule has 0 atom stereocenters. The molecule has 1 fully saturated rings. The molecule has 0 aliphatic carbocycles. The summed E-state index contributed by atoms with van der Waals surface area (Å²) < 4.78 is 4.88. The SMILES string of the molecule is COc1ccnc(N)c1.N#CN1CCCC1. The van der Waals surface area contributed by atoms with E-state index in [1.54, 1.807) is 30.3 Å². The molecule has 1 saturated heterocycles. The van der Waals surface area contributed by atoms with E-state index in [1.807, 2.05) is 0 Å². The highest BCUT2D eigenvalue weighted by atomic mass is 16.5. The van der Waals surface area contributed by atoms with Crippen LogP contribution < -0.4 is 10.5 Å². The molecule has 2 rings (SSSR count). The highest BCUT2D eigenvalue weighted by Crippen LogP contribution is 2.09. The Labute approximate surface area is 95.4 Å². The van der Waals surface area contributed by atoms with Crippen LogP contribution in [0.3, 0.4) is 0 Å². The number of nitriles is 1. The third-order valence-corrected chi connectivity index (χ3v) is 2.24. The van der Waals surface area contributed by atoms with Crippen LogP contribution in [-0.2, 0) is 0 Å². The van der Waals surface area contributed by atoms with Crippen molar-refractivity contribution in [2.75, 3.05) is 25.9 Å². The zero-order chi connectivity index (χ0) is 11.8. The predicted molar refractivity (Wildman–Crippen MR) is 61.6 cm³/mol. The fraction of sp³-hybridized carbons (Fsp3) is 0.455. The fourth-order valence-electron chi connectivity index (χ4n) is 1.37. The second kappa shape index (κ2) is 6.51. The van der Waals surface area contributed by atoms with Gasteiger partial charge in [-0.3, -0.25) is 0 Å². The number of anilines is 1. The van der Waals surface area contributed by atoms with Gasteiger partial charge in [-0.25, -0.2) is 4.98 Å². The van der Waals surface area contributed by atoms with Crippen molar-refractivity contribution in [3.8, 4) is 11.9 Å². The molecule has 1 aromatic heterocycles. The van der Waals surface area contributed by atoms with Gasteiger partial charge in [-0.2, -0.15) is 5.26 Å². The van der Waals surface area contributed by atoms with E-state index >= 15 is 0 Å². The van der Waals surface area contributed by atoms with E-state index in [1.165, 1.54) is 12.8 Å². The normalized spacial score (nSPS) is 13.6. The number of methoxy groups -OCH3 is 1. The van der Waals surface area contributed by atoms with Crippen molar-refractivity contribution in [1.29, 1.82) is 5.26 Å². The molecule has 1 aromatic rings. The van der Waals surface area contributed by atoms with Gasteiger partial charge in [0.2, 0.25) is 0 Å². The monoisotopic (exact) mass is 220 g/mol. The number of nitrogens with zero attached hydrogens (tertiary/aromatic N) is 3. The Morgan fingerprint density at radius 2 is 2.19 bits per heavy atom. The Hall–Kier alpha value is -1.96. The third kappa shape index (κ3) is 4.05. The molecule has 5 nitrogen and oxygen atoms in total. The Kier molecular flexibility index (Phi) is 4.93. The van der Waals surface area contributed by atoms with Crippen LogP contribution in [0, 0.1) is 11.5 Å². The first-order valence-electron chi connectivity index (χ1n) is 5.16. The van der Waals surface area contributed by atoms with E-state index in [9.17, 15) is 0 Å². The molecular weight excluding hydrogens is 204 g/mol. The summed E-state index contributed by atoms with van der Waals surface area (Å²) in [5, 5.41) is 8.24. The van der Waals surface area contributed by atoms with Crippen LogP contribution >= 0.6 is 0 Å². The maximum Gasteiger partial charge on any atom is 0.179 e. The molecule has 0 spiro atoms. The minimum absolute atomic E-state index is 0.481. The van der Waals surface area contributed by atoms with Gasteiger partial charge in [-0.1, -0.05) is 0 Å². The van der Waals surface area contributed by atoms with Crippen molar-refractivity contribution in [2.24, 2.45) is 0 Å². The van der Waals surface area contributed by atoms with Gasteiger partial charge in [0.25, 0.3) is 0 Å². The molecule has 0 aromatic carbocycles. The van der Waals surface area contributed by atoms with Crippen LogP contribution in [0.4, 0.5) is 5.82 Å². The van der Waals surface area contributed by atoms with Crippen molar-refractivity contribution >= 4 is 5.82 Å². The number of pyridine rings is 1. The molecule has 0 radical (unpaired) electrons. The quantitative estimate of drug-likeness (QED) is 0.720. The summed E-state index contributed by atoms with van der Waals surface area (Å²) in [6.07, 6.45) is 6.11. The second-order valence-electron chi connectivity index (χ2n) is 3.41. The molecule has 0 saturated carbocycles. The second-order valence-corrected chi connectivity index (χ2v) is 3.41. The summed E-state index contributed by atoms with van der Waals surface area (Å²) in [5.74, 6) is 1.22. The van der Waals surface area contributed by atoms with E-state index in [2.05, 4.69) is 11.2 Å². The van der Waals surface area contributed by atoms with E-state index in [4.69, 9.17) is 15.7 Å². The Morgan fingerprint density at radius 3 is 2.56 bits per heavy atom. The molecule has 0 bridgehead atoms. The average molecular weight is 220 g/mol. The third-order valence-electron chi connectivity index (χ3n) is 2.24. The fourth-order valence-corrected chi connectivity index (χ4v) is 1.37. The summed E-state index contributed by atoms with van der Waals surface area (Å²) in [5.41, 5.74) is 5.34. The van der Waals surface area contributed by atoms with Gasteiger partial charge in [-0.15, -0.1) is 0 Å². The Bertz CT molecular complexity index is 355. The van der Waals surface area contributed by atoms with Gasteiger partial charge in [0.15, 0.2) is 6.19 Å². The standard InChI is InChI=1S/C6H8N2O.C5H8N2/c1-9-5-2-3-8-6(7)4-5;6-5-7-3-1-2-4-7/h2-4H,1H3,(H2,7,8);1-4H2. The van der Waals surface area contributed by atoms with Gasteiger partial charge < -0.3 is 15.4 Å². The number of nitrogen functional groups attached to an aromatic ring is 1. The lowest BCUT2D eigenvalue weighted by molar-refractivity contribution is 0.414. The van der Waals surface area contributed by atoms with E-state index in [0.29, 0.717) is 5.82 Å². The molecule has 5 heteroatoms. The molecule has 0 amide bonds. The van der Waals surface area contributed by atoms with Crippen molar-refractivity contribution in [2.45, 2.75) is 12.8 Å². The Morgan fingerprint density at radius 1 is 1.50 bits per heavy atom. The van der Waals surface area contributed by atoms with Gasteiger partial charge in [-0.05, 0) is 18.9 Å². The number of nitrogens with two attached hydrogens (primary N) is 1. The number of ether oxygens (including phenoxy) is 1. The lowest BCUT2D eigenvalue weighted by Crippen LogP contribution is -2.10. The first-order chi connectivity index (χ1) is 7.76. The maximum absolute atomic E-state index is 8.24. The summed E-state index contributed by atoms with van der Waals surface area (Å²) in [6, 6.07) is 3.41. The van der Waals surface area contributed by atoms with Crippen molar-refractivity contribution in [1.82, 2.24) is 9.88 Å². The number of aromatic nitrogens is 1. The molecule has 16 heavy (non-hydrogen) atoms. The van der Waals surface area contributed by atoms with Crippen LogP contribution in [0.15, 0.2) is 18.3 Å². The van der Waals surface area contributed by atoms with Gasteiger partial charge in [0.05, 0.1) is 7.11 Å². The predicted octanol–water partition coefficient (Wildman–Crippen LogP) is 1.24. The molecule has 1 aliphatic rings. The van der Waals surface area contributed by atoms with E-state index in [0.717, 1.165) is 18.8 Å². The molecule has 1 aliphatic heterocycles. The van der Waals surface area contributed by atoms with E-state index < -0.39 is 0 Å². The van der Waals surface area contributed by atoms with Gasteiger partial charge >= 0.3 is 0 Å². The average Bonchev–Trinajstić information content (AvgIpc) is 2.82. The zero-order valence-electron chi connectivity index (χ0n) is 9.39. The molecule has 2 heterocycles. The van der Waals surface area contributed by atoms with Crippen LogP contribution in [0.5, 0.6) is 5.75 Å². The topological polar surface area (TPSA) is 75.2 Å². The minimum atomic E-state index is 0.481. The Balaban J connectivity index is 0.000000165. The maximum atomic E-state index is 8.24. The lowest BCUT2D eigenvalue weighted by Gasteiger charge is -2.00. The zero-order valence-corrected chi connectivity index (χ0v) is 9.39. The molecule has 86 valence electrons. The van der Waals surface area contributed by atoms with Crippen LogP contribution in [0.1, 0.15) is 12.8 Å². The van der Waals surface area contributed by atoms with Crippen molar-refractivity contribution in [3.05, 3.63) is 18.3 Å². The molecule has 2 N–H and O–H groups in total. The lowest BCUT2D eigenvalue weighted by atomic mass is 10.4.